The molecule has 9 rings (SSSR count). The SMILES string of the molecule is Cc1ccc(C(=O)N2CCC[C@H](C(=O)Nc3cc(-c4ccn(-c5cccc(C6C(C(=O)Nc7cccc(C(C)(C)C)c7)CCCN6C(=O)c6c(C)cccc6F)c5)c4)cc(C(C)(C)C)c3)C2CC2CCCCC2)c(C)c1. The van der Waals surface area contributed by atoms with Crippen molar-refractivity contribution >= 4 is 35.0 Å². The lowest BCUT2D eigenvalue weighted by Gasteiger charge is -2.43. The number of likely N-dealkylation sites (tertiary alicyclic amines) is 2. The van der Waals surface area contributed by atoms with E-state index in [1.807, 2.05) is 84.1 Å². The van der Waals surface area contributed by atoms with Gasteiger partial charge in [0, 0.05) is 54.2 Å². The van der Waals surface area contributed by atoms with Crippen LogP contribution in [0.15, 0.2) is 122 Å². The number of nitrogens with one attached hydrogen (secondary N) is 2. The fourth-order valence-corrected chi connectivity index (χ4v) is 12.3. The van der Waals surface area contributed by atoms with E-state index < -0.39 is 23.7 Å². The molecule has 1 saturated carbocycles. The maximum atomic E-state index is 15.6. The fourth-order valence-electron chi connectivity index (χ4n) is 12.3. The topological polar surface area (TPSA) is 104 Å². The van der Waals surface area contributed by atoms with Crippen molar-refractivity contribution in [3.05, 3.63) is 172 Å². The molecule has 0 spiro atoms. The molecule has 2 aliphatic heterocycles. The highest BCUT2D eigenvalue weighted by Gasteiger charge is 2.42. The normalized spacial score (nSPS) is 19.6. The number of hydrogen-bond acceptors (Lipinski definition) is 4. The molecule has 398 valence electrons. The van der Waals surface area contributed by atoms with Gasteiger partial charge in [0.15, 0.2) is 0 Å². The molecule has 3 heterocycles. The zero-order valence-corrected chi connectivity index (χ0v) is 46.3. The van der Waals surface area contributed by atoms with Crippen molar-refractivity contribution in [1.29, 1.82) is 0 Å². The van der Waals surface area contributed by atoms with Crippen LogP contribution in [0.5, 0.6) is 0 Å². The van der Waals surface area contributed by atoms with Crippen LogP contribution in [0.25, 0.3) is 16.8 Å². The van der Waals surface area contributed by atoms with Gasteiger partial charge in [-0.2, -0.15) is 0 Å². The van der Waals surface area contributed by atoms with E-state index in [1.54, 1.807) is 24.0 Å². The van der Waals surface area contributed by atoms with Gasteiger partial charge in [0.2, 0.25) is 11.8 Å². The second-order valence-corrected chi connectivity index (χ2v) is 24.3. The Balaban J connectivity index is 1.02. The summed E-state index contributed by atoms with van der Waals surface area (Å²) in [6, 6.07) is 34.1. The summed E-state index contributed by atoms with van der Waals surface area (Å²) >= 11 is 0. The van der Waals surface area contributed by atoms with Crippen LogP contribution in [-0.2, 0) is 20.4 Å². The molecule has 1 aromatic heterocycles. The van der Waals surface area contributed by atoms with Gasteiger partial charge in [0.25, 0.3) is 11.8 Å². The predicted molar refractivity (Wildman–Crippen MR) is 305 cm³/mol. The number of nitrogens with zero attached hydrogens (tertiary/aromatic N) is 3. The number of halogens is 1. The predicted octanol–water partition coefficient (Wildman–Crippen LogP) is 14.9. The minimum absolute atomic E-state index is 0.0215. The summed E-state index contributed by atoms with van der Waals surface area (Å²) in [5.41, 5.74) is 10.1. The van der Waals surface area contributed by atoms with Gasteiger partial charge in [0.05, 0.1) is 23.4 Å². The maximum Gasteiger partial charge on any atom is 0.257 e. The molecule has 1 aliphatic carbocycles. The molecule has 3 fully saturated rings. The lowest BCUT2D eigenvalue weighted by molar-refractivity contribution is -0.124. The van der Waals surface area contributed by atoms with Crippen molar-refractivity contribution in [1.82, 2.24) is 14.4 Å². The van der Waals surface area contributed by atoms with E-state index in [2.05, 4.69) is 94.8 Å². The fraction of sp³-hybridized carbons (Fsp3) is 0.424. The molecule has 3 aliphatic rings. The largest absolute Gasteiger partial charge is 0.335 e. The zero-order valence-electron chi connectivity index (χ0n) is 46.3. The van der Waals surface area contributed by atoms with E-state index in [0.29, 0.717) is 48.7 Å². The first-order valence-corrected chi connectivity index (χ1v) is 27.8. The Morgan fingerprint density at radius 2 is 1.26 bits per heavy atom. The number of benzene rings is 5. The molecule has 4 amide bonds. The molecule has 10 heteroatoms. The van der Waals surface area contributed by atoms with Gasteiger partial charge in [-0.15, -0.1) is 0 Å². The van der Waals surface area contributed by atoms with Crippen LogP contribution in [-0.4, -0.2) is 57.1 Å². The molecule has 6 aromatic rings. The first kappa shape index (κ1) is 54.0. The molecule has 2 saturated heterocycles. The maximum absolute atomic E-state index is 15.6. The van der Waals surface area contributed by atoms with Crippen LogP contribution < -0.4 is 10.6 Å². The molecule has 0 bridgehead atoms. The zero-order chi connectivity index (χ0) is 54.1. The lowest BCUT2D eigenvalue weighted by Crippen LogP contribution is -2.52. The average Bonchev–Trinajstić information content (AvgIpc) is 3.92. The van der Waals surface area contributed by atoms with Crippen molar-refractivity contribution in [2.45, 2.75) is 149 Å². The summed E-state index contributed by atoms with van der Waals surface area (Å²) in [6.45, 7) is 19.7. The molecule has 0 radical (unpaired) electrons. The number of anilines is 2. The van der Waals surface area contributed by atoms with Crippen LogP contribution >= 0.6 is 0 Å². The van der Waals surface area contributed by atoms with Gasteiger partial charge >= 0.3 is 0 Å². The first-order chi connectivity index (χ1) is 36.2. The number of rotatable bonds is 11. The highest BCUT2D eigenvalue weighted by atomic mass is 19.1. The van der Waals surface area contributed by atoms with E-state index in [-0.39, 0.29) is 46.1 Å². The van der Waals surface area contributed by atoms with Gasteiger partial charge < -0.3 is 25.0 Å². The smallest absolute Gasteiger partial charge is 0.257 e. The van der Waals surface area contributed by atoms with Gasteiger partial charge in [-0.25, -0.2) is 4.39 Å². The Labute approximate surface area is 450 Å². The van der Waals surface area contributed by atoms with Crippen molar-refractivity contribution in [2.75, 3.05) is 23.7 Å². The number of aryl methyl sites for hydroxylation is 3. The third-order valence-corrected chi connectivity index (χ3v) is 16.6. The number of hydrogen-bond donors (Lipinski definition) is 2. The highest BCUT2D eigenvalue weighted by molar-refractivity contribution is 5.99. The van der Waals surface area contributed by atoms with Gasteiger partial charge in [-0.1, -0.05) is 134 Å². The standard InChI is InChI=1S/C66H78FN5O4/c1-42-28-29-54(44(3)34-42)63(75)71-31-16-25-55(58(71)35-45-19-11-10-12-20-45)61(73)69-52-37-48(36-50(40-52)66(7,8)9)47-30-33-70(41-47)53-24-14-21-46(38-53)60-56(62(74)68-51-23-15-22-49(39-51)65(4,5)6)26-17-32-72(60)64(76)59-43(2)18-13-27-57(59)67/h13-15,18,21-24,27-30,33-34,36-41,45,55-56,58,60H,10-12,16-17,19-20,25-26,31-32,35H2,1-9H3,(H,68,74)(H,69,73)/t55-,56?,58?,60?/m0/s1. The minimum Gasteiger partial charge on any atom is -0.335 e. The number of piperidine rings is 2. The Hall–Kier alpha value is -6.81. The average molecular weight is 1020 g/mol. The van der Waals surface area contributed by atoms with E-state index in [0.717, 1.165) is 82.4 Å². The third kappa shape index (κ3) is 11.9. The van der Waals surface area contributed by atoms with Crippen molar-refractivity contribution in [3.8, 4) is 16.8 Å². The highest BCUT2D eigenvalue weighted by Crippen LogP contribution is 2.41. The summed E-state index contributed by atoms with van der Waals surface area (Å²) in [5.74, 6) is -1.72. The van der Waals surface area contributed by atoms with Gasteiger partial charge in [-0.05, 0) is 163 Å². The van der Waals surface area contributed by atoms with E-state index in [1.165, 1.54) is 25.3 Å². The second kappa shape index (κ2) is 22.4. The number of carbonyl (C=O) groups excluding carboxylic acids is 4. The monoisotopic (exact) mass is 1020 g/mol. The number of carbonyl (C=O) groups is 4. The molecule has 76 heavy (non-hydrogen) atoms. The first-order valence-electron chi connectivity index (χ1n) is 27.8. The van der Waals surface area contributed by atoms with Crippen molar-refractivity contribution in [2.24, 2.45) is 17.8 Å². The lowest BCUT2D eigenvalue weighted by atomic mass is 9.78. The van der Waals surface area contributed by atoms with Crippen molar-refractivity contribution in [3.63, 3.8) is 0 Å². The number of amides is 4. The molecular weight excluding hydrogens is 946 g/mol. The Kier molecular flexibility index (Phi) is 15.9. The van der Waals surface area contributed by atoms with Crippen LogP contribution in [0.3, 0.4) is 0 Å². The quantitative estimate of drug-likeness (QED) is 0.135. The third-order valence-electron chi connectivity index (χ3n) is 16.6. The molecule has 5 aromatic carbocycles. The van der Waals surface area contributed by atoms with E-state index >= 15 is 4.39 Å². The molecule has 3 unspecified atom stereocenters. The summed E-state index contributed by atoms with van der Waals surface area (Å²) in [7, 11) is 0. The molecule has 2 N–H and O–H groups in total. The summed E-state index contributed by atoms with van der Waals surface area (Å²) in [6.07, 6.45) is 13.4. The Bertz CT molecular complexity index is 3100. The van der Waals surface area contributed by atoms with Crippen LogP contribution in [0.2, 0.25) is 0 Å². The van der Waals surface area contributed by atoms with Gasteiger partial charge in [0.1, 0.15) is 5.82 Å². The van der Waals surface area contributed by atoms with Crippen LogP contribution in [0.1, 0.15) is 166 Å². The van der Waals surface area contributed by atoms with Gasteiger partial charge in [-0.3, -0.25) is 19.2 Å². The second-order valence-electron chi connectivity index (χ2n) is 24.3. The Morgan fingerprint density at radius 1 is 0.592 bits per heavy atom. The summed E-state index contributed by atoms with van der Waals surface area (Å²) in [4.78, 5) is 62.3. The van der Waals surface area contributed by atoms with E-state index in [9.17, 15) is 19.2 Å². The summed E-state index contributed by atoms with van der Waals surface area (Å²) in [5, 5.41) is 6.60. The van der Waals surface area contributed by atoms with Crippen LogP contribution in [0.4, 0.5) is 15.8 Å². The Morgan fingerprint density at radius 3 is 1.99 bits per heavy atom. The molecule has 9 nitrogen and oxygen atoms in total. The minimum atomic E-state index is -0.681. The number of aromatic nitrogens is 1. The summed E-state index contributed by atoms with van der Waals surface area (Å²) < 4.78 is 17.6. The van der Waals surface area contributed by atoms with E-state index in [4.69, 9.17) is 0 Å². The van der Waals surface area contributed by atoms with Crippen molar-refractivity contribution < 1.29 is 23.6 Å². The van der Waals surface area contributed by atoms with Crippen LogP contribution in [0, 0.1) is 44.3 Å². The molecule has 4 atom stereocenters. The molecular formula is C66H78FN5O4.